The minimum atomic E-state index is 0.674. The van der Waals surface area contributed by atoms with E-state index in [2.05, 4.69) is 69.1 Å². The van der Waals surface area contributed by atoms with Crippen LogP contribution in [-0.2, 0) is 12.8 Å². The second-order valence-electron chi connectivity index (χ2n) is 6.99. The van der Waals surface area contributed by atoms with Crippen LogP contribution in [0.1, 0.15) is 38.8 Å². The third-order valence-electron chi connectivity index (χ3n) is 4.13. The first-order valence-corrected chi connectivity index (χ1v) is 8.07. The molecule has 1 heteroatoms. The zero-order valence-corrected chi connectivity index (χ0v) is 13.5. The summed E-state index contributed by atoms with van der Waals surface area (Å²) in [5.41, 5.74) is 5.63. The van der Waals surface area contributed by atoms with Crippen LogP contribution in [0.5, 0.6) is 0 Å². The molecule has 1 N–H and O–H groups in total. The van der Waals surface area contributed by atoms with Crippen molar-refractivity contribution in [1.82, 2.24) is 4.98 Å². The molecule has 0 aliphatic rings. The third kappa shape index (κ3) is 2.70. The smallest absolute Gasteiger partial charge is 0.0500 e. The standard InChI is InChI=1S/C20H25N/c1-13(2)11-15-9-10-17-16-7-5-6-8-19(16)21-20(17)18(15)12-14(3)4/h5-10,13-14,21H,11-12H2,1-4H3. The maximum absolute atomic E-state index is 3.67. The fraction of sp³-hybridized carbons (Fsp3) is 0.400. The van der Waals surface area contributed by atoms with Crippen molar-refractivity contribution >= 4 is 21.8 Å². The van der Waals surface area contributed by atoms with E-state index < -0.39 is 0 Å². The molecular weight excluding hydrogens is 254 g/mol. The van der Waals surface area contributed by atoms with E-state index in [1.165, 1.54) is 32.9 Å². The van der Waals surface area contributed by atoms with E-state index >= 15 is 0 Å². The first-order chi connectivity index (χ1) is 10.1. The van der Waals surface area contributed by atoms with Crippen LogP contribution in [-0.4, -0.2) is 4.98 Å². The molecule has 3 rings (SSSR count). The molecule has 1 aromatic heterocycles. The van der Waals surface area contributed by atoms with Crippen LogP contribution in [0, 0.1) is 11.8 Å². The second kappa shape index (κ2) is 5.55. The van der Waals surface area contributed by atoms with Crippen molar-refractivity contribution in [2.24, 2.45) is 11.8 Å². The largest absolute Gasteiger partial charge is 0.354 e. The third-order valence-corrected chi connectivity index (χ3v) is 4.13. The highest BCUT2D eigenvalue weighted by molar-refractivity contribution is 6.08. The molecule has 0 saturated carbocycles. The molecule has 0 unspecified atom stereocenters. The molecular formula is C20H25N. The van der Waals surface area contributed by atoms with Gasteiger partial charge >= 0.3 is 0 Å². The lowest BCUT2D eigenvalue weighted by atomic mass is 9.91. The second-order valence-corrected chi connectivity index (χ2v) is 6.99. The fourth-order valence-electron chi connectivity index (χ4n) is 3.29. The molecule has 0 amide bonds. The van der Waals surface area contributed by atoms with Crippen molar-refractivity contribution in [2.75, 3.05) is 0 Å². The van der Waals surface area contributed by atoms with E-state index in [0.717, 1.165) is 12.8 Å². The summed E-state index contributed by atoms with van der Waals surface area (Å²) in [5, 5.41) is 2.71. The summed E-state index contributed by atoms with van der Waals surface area (Å²) >= 11 is 0. The number of nitrogens with one attached hydrogen (secondary N) is 1. The van der Waals surface area contributed by atoms with Gasteiger partial charge in [0.05, 0.1) is 0 Å². The van der Waals surface area contributed by atoms with Gasteiger partial charge < -0.3 is 4.98 Å². The molecule has 0 spiro atoms. The first-order valence-electron chi connectivity index (χ1n) is 8.07. The van der Waals surface area contributed by atoms with Gasteiger partial charge in [-0.25, -0.2) is 0 Å². The predicted molar refractivity (Wildman–Crippen MR) is 92.9 cm³/mol. The number of hydrogen-bond donors (Lipinski definition) is 1. The van der Waals surface area contributed by atoms with Crippen LogP contribution < -0.4 is 0 Å². The number of hydrogen-bond acceptors (Lipinski definition) is 0. The molecule has 0 aliphatic carbocycles. The molecule has 0 radical (unpaired) electrons. The number of para-hydroxylation sites is 1. The highest BCUT2D eigenvalue weighted by atomic mass is 14.7. The topological polar surface area (TPSA) is 15.8 Å². The molecule has 3 aromatic rings. The van der Waals surface area contributed by atoms with Gasteiger partial charge in [0.1, 0.15) is 0 Å². The van der Waals surface area contributed by atoms with E-state index in [1.54, 1.807) is 0 Å². The summed E-state index contributed by atoms with van der Waals surface area (Å²) < 4.78 is 0. The van der Waals surface area contributed by atoms with Gasteiger partial charge in [0.2, 0.25) is 0 Å². The zero-order chi connectivity index (χ0) is 15.0. The normalized spacial score (nSPS) is 12.1. The van der Waals surface area contributed by atoms with Crippen LogP contribution in [0.25, 0.3) is 21.8 Å². The molecule has 2 aromatic carbocycles. The highest BCUT2D eigenvalue weighted by Gasteiger charge is 2.14. The summed E-state index contributed by atoms with van der Waals surface area (Å²) in [6.45, 7) is 9.21. The number of aromatic amines is 1. The SMILES string of the molecule is CC(C)Cc1ccc2c([nH]c3ccccc32)c1CC(C)C. The predicted octanol–water partition coefficient (Wildman–Crippen LogP) is 5.72. The lowest BCUT2D eigenvalue weighted by molar-refractivity contribution is 0.618. The fourth-order valence-corrected chi connectivity index (χ4v) is 3.29. The van der Waals surface area contributed by atoms with Crippen molar-refractivity contribution in [3.05, 3.63) is 47.5 Å². The Kier molecular flexibility index (Phi) is 3.75. The lowest BCUT2D eigenvalue weighted by Gasteiger charge is -2.15. The highest BCUT2D eigenvalue weighted by Crippen LogP contribution is 2.31. The molecule has 110 valence electrons. The minimum Gasteiger partial charge on any atom is -0.354 e. The van der Waals surface area contributed by atoms with E-state index in [4.69, 9.17) is 0 Å². The van der Waals surface area contributed by atoms with Crippen molar-refractivity contribution < 1.29 is 0 Å². The molecule has 21 heavy (non-hydrogen) atoms. The average Bonchev–Trinajstić information content (AvgIpc) is 2.79. The van der Waals surface area contributed by atoms with Crippen molar-refractivity contribution in [1.29, 1.82) is 0 Å². The van der Waals surface area contributed by atoms with Crippen LogP contribution in [0.15, 0.2) is 36.4 Å². The molecule has 0 saturated heterocycles. The Morgan fingerprint density at radius 3 is 2.24 bits per heavy atom. The summed E-state index contributed by atoms with van der Waals surface area (Å²) in [6, 6.07) is 13.3. The number of H-pyrrole nitrogens is 1. The van der Waals surface area contributed by atoms with Crippen LogP contribution in [0.2, 0.25) is 0 Å². The minimum absolute atomic E-state index is 0.674. The van der Waals surface area contributed by atoms with Gasteiger partial charge in [-0.1, -0.05) is 58.0 Å². The molecule has 1 heterocycles. The number of aromatic nitrogens is 1. The van der Waals surface area contributed by atoms with Crippen LogP contribution in [0.4, 0.5) is 0 Å². The van der Waals surface area contributed by atoms with Gasteiger partial charge in [0.25, 0.3) is 0 Å². The summed E-state index contributed by atoms with van der Waals surface area (Å²) in [4.78, 5) is 3.67. The lowest BCUT2D eigenvalue weighted by Crippen LogP contribution is -2.04. The van der Waals surface area contributed by atoms with Gasteiger partial charge in [0, 0.05) is 21.8 Å². The van der Waals surface area contributed by atoms with Crippen LogP contribution in [0.3, 0.4) is 0 Å². The Morgan fingerprint density at radius 1 is 0.810 bits per heavy atom. The van der Waals surface area contributed by atoms with Gasteiger partial charge in [-0.2, -0.15) is 0 Å². The number of benzene rings is 2. The average molecular weight is 279 g/mol. The summed E-state index contributed by atoms with van der Waals surface area (Å²) in [5.74, 6) is 1.37. The van der Waals surface area contributed by atoms with Crippen molar-refractivity contribution in [3.63, 3.8) is 0 Å². The Morgan fingerprint density at radius 2 is 1.52 bits per heavy atom. The van der Waals surface area contributed by atoms with Gasteiger partial charge in [-0.15, -0.1) is 0 Å². The maximum Gasteiger partial charge on any atom is 0.0500 e. The van der Waals surface area contributed by atoms with Gasteiger partial charge in [-0.3, -0.25) is 0 Å². The maximum atomic E-state index is 3.67. The van der Waals surface area contributed by atoms with Crippen LogP contribution >= 0.6 is 0 Å². The molecule has 1 nitrogen and oxygen atoms in total. The Hall–Kier alpha value is -1.76. The summed E-state index contributed by atoms with van der Waals surface area (Å²) in [7, 11) is 0. The molecule has 0 fully saturated rings. The number of fused-ring (bicyclic) bond motifs is 3. The monoisotopic (exact) mass is 279 g/mol. The van der Waals surface area contributed by atoms with Crippen molar-refractivity contribution in [2.45, 2.75) is 40.5 Å². The Bertz CT molecular complexity index is 762. The van der Waals surface area contributed by atoms with E-state index in [0.29, 0.717) is 11.8 Å². The molecule has 0 bridgehead atoms. The van der Waals surface area contributed by atoms with E-state index in [1.807, 2.05) is 0 Å². The molecule has 0 aliphatic heterocycles. The Balaban J connectivity index is 2.26. The van der Waals surface area contributed by atoms with E-state index in [9.17, 15) is 0 Å². The van der Waals surface area contributed by atoms with E-state index in [-0.39, 0.29) is 0 Å². The van der Waals surface area contributed by atoms with Gasteiger partial charge in [-0.05, 0) is 41.9 Å². The first kappa shape index (κ1) is 14.2. The number of rotatable bonds is 4. The molecule has 0 atom stereocenters. The quantitative estimate of drug-likeness (QED) is 0.629. The van der Waals surface area contributed by atoms with Gasteiger partial charge in [0.15, 0.2) is 0 Å². The Labute approximate surface area is 127 Å². The van der Waals surface area contributed by atoms with Crippen molar-refractivity contribution in [3.8, 4) is 0 Å². The summed E-state index contributed by atoms with van der Waals surface area (Å²) in [6.07, 6.45) is 2.31. The zero-order valence-electron chi connectivity index (χ0n) is 13.5.